The Morgan fingerprint density at radius 1 is 1.00 bits per heavy atom. The van der Waals surface area contributed by atoms with Gasteiger partial charge in [0.05, 0.1) is 15.1 Å². The van der Waals surface area contributed by atoms with Crippen molar-refractivity contribution in [1.82, 2.24) is 14.2 Å². The van der Waals surface area contributed by atoms with Crippen molar-refractivity contribution in [3.05, 3.63) is 53.1 Å². The average Bonchev–Trinajstić information content (AvgIpc) is 3.33. The summed E-state index contributed by atoms with van der Waals surface area (Å²) in [7, 11) is -3.57. The van der Waals surface area contributed by atoms with Gasteiger partial charge in [-0.3, -0.25) is 4.79 Å². The summed E-state index contributed by atoms with van der Waals surface area (Å²) in [6, 6.07) is 12.6. The number of carbonyl (C=O) groups is 1. The van der Waals surface area contributed by atoms with Crippen LogP contribution in [0.15, 0.2) is 47.4 Å². The van der Waals surface area contributed by atoms with Crippen LogP contribution in [0.4, 0.5) is 5.13 Å². The SMILES string of the molecule is CC(C)c1cccc2sc(N3CCN(C(=O)C4CCN(S(=O)(=O)c5ccc(Cl)cc5)CC4)CC3)nc12. The van der Waals surface area contributed by atoms with E-state index in [9.17, 15) is 13.2 Å². The van der Waals surface area contributed by atoms with Crippen LogP contribution in [0.25, 0.3) is 10.2 Å². The molecule has 0 aliphatic carbocycles. The molecule has 0 bridgehead atoms. The number of amides is 1. The van der Waals surface area contributed by atoms with Crippen LogP contribution >= 0.6 is 22.9 Å². The summed E-state index contributed by atoms with van der Waals surface area (Å²) in [5.74, 6) is 0.430. The van der Waals surface area contributed by atoms with Crippen LogP contribution in [0.2, 0.25) is 5.02 Å². The number of halogens is 1. The van der Waals surface area contributed by atoms with Gasteiger partial charge in [0.15, 0.2) is 5.13 Å². The van der Waals surface area contributed by atoms with Gasteiger partial charge < -0.3 is 9.80 Å². The second-order valence-electron chi connectivity index (χ2n) is 9.79. The van der Waals surface area contributed by atoms with Crippen LogP contribution in [0.3, 0.4) is 0 Å². The molecule has 0 unspecified atom stereocenters. The van der Waals surface area contributed by atoms with Crippen molar-refractivity contribution in [3.8, 4) is 0 Å². The summed E-state index contributed by atoms with van der Waals surface area (Å²) >= 11 is 7.61. The lowest BCUT2D eigenvalue weighted by atomic mass is 9.96. The van der Waals surface area contributed by atoms with E-state index in [1.165, 1.54) is 26.7 Å². The van der Waals surface area contributed by atoms with Gasteiger partial charge in [-0.2, -0.15) is 4.31 Å². The molecule has 0 atom stereocenters. The first-order valence-corrected chi connectivity index (χ1v) is 15.1. The molecule has 3 aromatic rings. The number of carbonyl (C=O) groups excluding carboxylic acids is 1. The molecule has 1 amide bonds. The number of para-hydroxylation sites is 1. The molecule has 10 heteroatoms. The van der Waals surface area contributed by atoms with Crippen LogP contribution in [0.5, 0.6) is 0 Å². The topological polar surface area (TPSA) is 73.8 Å². The first kappa shape index (κ1) is 25.4. The maximum absolute atomic E-state index is 13.2. The Balaban J connectivity index is 1.17. The quantitative estimate of drug-likeness (QED) is 0.458. The zero-order valence-electron chi connectivity index (χ0n) is 20.6. The molecule has 3 heterocycles. The van der Waals surface area contributed by atoms with Gasteiger partial charge in [0.2, 0.25) is 15.9 Å². The first-order chi connectivity index (χ1) is 17.2. The number of hydrogen-bond donors (Lipinski definition) is 0. The van der Waals surface area contributed by atoms with Gasteiger partial charge in [-0.1, -0.05) is 48.9 Å². The Bertz CT molecular complexity index is 1340. The normalized spacial score (nSPS) is 18.3. The number of sulfonamides is 1. The minimum atomic E-state index is -3.57. The Labute approximate surface area is 221 Å². The Hall–Kier alpha value is -2.20. The maximum Gasteiger partial charge on any atom is 0.243 e. The Morgan fingerprint density at radius 2 is 1.67 bits per heavy atom. The number of benzene rings is 2. The molecule has 5 rings (SSSR count). The van der Waals surface area contributed by atoms with Crippen LogP contribution in [0.1, 0.15) is 38.2 Å². The van der Waals surface area contributed by atoms with E-state index in [-0.39, 0.29) is 16.7 Å². The van der Waals surface area contributed by atoms with Crippen molar-refractivity contribution < 1.29 is 13.2 Å². The summed E-state index contributed by atoms with van der Waals surface area (Å²) in [4.78, 5) is 22.6. The van der Waals surface area contributed by atoms with E-state index >= 15 is 0 Å². The summed E-state index contributed by atoms with van der Waals surface area (Å²) < 4.78 is 28.6. The molecule has 1 aromatic heterocycles. The lowest BCUT2D eigenvalue weighted by Gasteiger charge is -2.38. The molecule has 2 aliphatic heterocycles. The van der Waals surface area contributed by atoms with Gasteiger partial charge in [0.25, 0.3) is 0 Å². The monoisotopic (exact) mass is 546 g/mol. The van der Waals surface area contributed by atoms with Gasteiger partial charge in [-0.25, -0.2) is 13.4 Å². The molecule has 7 nitrogen and oxygen atoms in total. The molecule has 36 heavy (non-hydrogen) atoms. The summed E-state index contributed by atoms with van der Waals surface area (Å²) in [6.07, 6.45) is 1.09. The molecule has 0 spiro atoms. The van der Waals surface area contributed by atoms with Gasteiger partial charge >= 0.3 is 0 Å². The number of anilines is 1. The third-order valence-corrected chi connectivity index (χ3v) is 10.4. The van der Waals surface area contributed by atoms with Crippen molar-refractivity contribution in [3.63, 3.8) is 0 Å². The van der Waals surface area contributed by atoms with E-state index in [0.717, 1.165) is 23.7 Å². The highest BCUT2D eigenvalue weighted by Crippen LogP contribution is 2.34. The molecule has 0 N–H and O–H groups in total. The zero-order chi connectivity index (χ0) is 25.4. The number of hydrogen-bond acceptors (Lipinski definition) is 6. The van der Waals surface area contributed by atoms with Crippen molar-refractivity contribution >= 4 is 54.2 Å². The Morgan fingerprint density at radius 3 is 2.31 bits per heavy atom. The highest BCUT2D eigenvalue weighted by molar-refractivity contribution is 7.89. The standard InChI is InChI=1S/C26H31ClN4O3S2/c1-18(2)22-4-3-5-23-24(22)28-26(35-23)30-16-14-29(15-17-30)25(32)19-10-12-31(13-11-19)36(33,34)21-8-6-20(27)7-9-21/h3-9,18-19H,10-17H2,1-2H3. The van der Waals surface area contributed by atoms with Gasteiger partial charge in [-0.15, -0.1) is 0 Å². The fraction of sp³-hybridized carbons (Fsp3) is 0.462. The van der Waals surface area contributed by atoms with Gasteiger partial charge in [0.1, 0.15) is 0 Å². The second kappa shape index (κ2) is 10.3. The lowest BCUT2D eigenvalue weighted by Crippen LogP contribution is -2.52. The molecule has 2 fully saturated rings. The van der Waals surface area contributed by atoms with Crippen LogP contribution in [-0.4, -0.2) is 67.8 Å². The van der Waals surface area contributed by atoms with E-state index in [2.05, 4.69) is 36.9 Å². The summed E-state index contributed by atoms with van der Waals surface area (Å²) in [6.45, 7) is 7.92. The third kappa shape index (κ3) is 4.98. The molecular formula is C26H31ClN4O3S2. The number of piperazine rings is 1. The summed E-state index contributed by atoms with van der Waals surface area (Å²) in [5.41, 5.74) is 2.36. The largest absolute Gasteiger partial charge is 0.345 e. The number of fused-ring (bicyclic) bond motifs is 1. The molecular weight excluding hydrogens is 516 g/mol. The van der Waals surface area contributed by atoms with Crippen molar-refractivity contribution in [1.29, 1.82) is 0 Å². The zero-order valence-corrected chi connectivity index (χ0v) is 22.9. The number of thiazole rings is 1. The maximum atomic E-state index is 13.2. The van der Waals surface area contributed by atoms with Crippen molar-refractivity contribution in [2.45, 2.75) is 37.5 Å². The highest BCUT2D eigenvalue weighted by Gasteiger charge is 2.35. The molecule has 0 radical (unpaired) electrons. The second-order valence-corrected chi connectivity index (χ2v) is 13.2. The Kier molecular flexibility index (Phi) is 7.27. The fourth-order valence-corrected chi connectivity index (χ4v) is 7.68. The number of nitrogens with zero attached hydrogens (tertiary/aromatic N) is 4. The highest BCUT2D eigenvalue weighted by atomic mass is 35.5. The predicted octanol–water partition coefficient (Wildman–Crippen LogP) is 4.82. The van der Waals surface area contributed by atoms with E-state index < -0.39 is 10.0 Å². The van der Waals surface area contributed by atoms with Crippen LogP contribution in [-0.2, 0) is 14.8 Å². The van der Waals surface area contributed by atoms with Crippen LogP contribution < -0.4 is 4.90 Å². The molecule has 0 saturated carbocycles. The number of aromatic nitrogens is 1. The van der Waals surface area contributed by atoms with E-state index in [1.54, 1.807) is 23.5 Å². The van der Waals surface area contributed by atoms with Crippen molar-refractivity contribution in [2.24, 2.45) is 5.92 Å². The van der Waals surface area contributed by atoms with Gasteiger partial charge in [-0.05, 0) is 54.7 Å². The third-order valence-electron chi connectivity index (χ3n) is 7.18. The molecule has 2 aliphatic rings. The van der Waals surface area contributed by atoms with E-state index in [0.29, 0.717) is 50.0 Å². The van der Waals surface area contributed by atoms with E-state index in [1.807, 2.05) is 4.90 Å². The molecule has 2 saturated heterocycles. The predicted molar refractivity (Wildman–Crippen MR) is 145 cm³/mol. The lowest BCUT2D eigenvalue weighted by molar-refractivity contribution is -0.137. The average molecular weight is 547 g/mol. The molecule has 2 aromatic carbocycles. The molecule has 192 valence electrons. The van der Waals surface area contributed by atoms with Crippen LogP contribution in [0, 0.1) is 5.92 Å². The number of rotatable bonds is 5. The smallest absolute Gasteiger partial charge is 0.243 e. The minimum absolute atomic E-state index is 0.135. The fourth-order valence-electron chi connectivity index (χ4n) is 5.03. The number of piperidine rings is 1. The minimum Gasteiger partial charge on any atom is -0.345 e. The first-order valence-electron chi connectivity index (χ1n) is 12.4. The van der Waals surface area contributed by atoms with Crippen molar-refractivity contribution in [2.75, 3.05) is 44.2 Å². The van der Waals surface area contributed by atoms with E-state index in [4.69, 9.17) is 16.6 Å². The summed E-state index contributed by atoms with van der Waals surface area (Å²) in [5, 5.41) is 1.52. The van der Waals surface area contributed by atoms with Gasteiger partial charge in [0, 0.05) is 50.2 Å².